The monoisotopic (exact) mass is 325 g/mol. The highest BCUT2D eigenvalue weighted by atomic mass is 16.2. The number of aromatic amines is 1. The van der Waals surface area contributed by atoms with Crippen molar-refractivity contribution in [3.63, 3.8) is 0 Å². The number of benzene rings is 1. The number of hydrogen-bond donors (Lipinski definition) is 2. The van der Waals surface area contributed by atoms with Gasteiger partial charge < -0.3 is 5.32 Å². The van der Waals surface area contributed by atoms with Gasteiger partial charge in [0.2, 0.25) is 5.91 Å². The molecule has 1 saturated carbocycles. The molecule has 1 fully saturated rings. The zero-order valence-corrected chi connectivity index (χ0v) is 13.8. The predicted octanol–water partition coefficient (Wildman–Crippen LogP) is 3.35. The molecule has 5 heteroatoms. The van der Waals surface area contributed by atoms with Crippen LogP contribution in [-0.2, 0) is 11.2 Å². The summed E-state index contributed by atoms with van der Waals surface area (Å²) in [6.45, 7) is 0. The molecule has 0 spiro atoms. The molecule has 0 bridgehead atoms. The molecular weight excluding hydrogens is 302 g/mol. The fourth-order valence-corrected chi connectivity index (χ4v) is 4.16. The number of aromatic nitrogens is 2. The van der Waals surface area contributed by atoms with Gasteiger partial charge in [0.25, 0.3) is 5.56 Å². The lowest BCUT2D eigenvalue weighted by molar-refractivity contribution is -0.116. The molecule has 1 aliphatic heterocycles. The zero-order chi connectivity index (χ0) is 16.5. The van der Waals surface area contributed by atoms with E-state index in [1.165, 1.54) is 19.3 Å². The first-order valence-electron chi connectivity index (χ1n) is 8.90. The Kier molecular flexibility index (Phi) is 4.00. The van der Waals surface area contributed by atoms with E-state index >= 15 is 0 Å². The average Bonchev–Trinajstić information content (AvgIpc) is 2.93. The first-order chi connectivity index (χ1) is 11.7. The van der Waals surface area contributed by atoms with Crippen LogP contribution in [0.4, 0.5) is 5.82 Å². The Bertz CT molecular complexity index is 785. The third kappa shape index (κ3) is 2.79. The number of rotatable bonds is 3. The molecule has 5 nitrogen and oxygen atoms in total. The quantitative estimate of drug-likeness (QED) is 0.909. The first-order valence-corrected chi connectivity index (χ1v) is 8.90. The van der Waals surface area contributed by atoms with Crippen molar-refractivity contribution in [2.24, 2.45) is 0 Å². The van der Waals surface area contributed by atoms with Gasteiger partial charge >= 0.3 is 0 Å². The summed E-state index contributed by atoms with van der Waals surface area (Å²) in [4.78, 5) is 24.8. The fourth-order valence-electron chi connectivity index (χ4n) is 4.16. The summed E-state index contributed by atoms with van der Waals surface area (Å²) >= 11 is 0. The Balaban J connectivity index is 1.70. The van der Waals surface area contributed by atoms with Crippen molar-refractivity contribution in [3.05, 3.63) is 51.8 Å². The van der Waals surface area contributed by atoms with Gasteiger partial charge in [-0.05, 0) is 24.8 Å². The smallest absolute Gasteiger partial charge is 0.269 e. The summed E-state index contributed by atoms with van der Waals surface area (Å²) in [6.07, 6.45) is 6.85. The second-order valence-corrected chi connectivity index (χ2v) is 7.00. The minimum atomic E-state index is -0.0512. The number of nitrogens with one attached hydrogen (secondary N) is 2. The Labute approximate surface area is 141 Å². The summed E-state index contributed by atoms with van der Waals surface area (Å²) in [5.41, 5.74) is 1.87. The molecule has 1 aliphatic carbocycles. The third-order valence-corrected chi connectivity index (χ3v) is 5.33. The van der Waals surface area contributed by atoms with Crippen LogP contribution in [-0.4, -0.2) is 15.7 Å². The predicted molar refractivity (Wildman–Crippen MR) is 93.3 cm³/mol. The highest BCUT2D eigenvalue weighted by Gasteiger charge is 2.33. The second-order valence-electron chi connectivity index (χ2n) is 7.00. The fraction of sp³-hybridized carbons (Fsp3) is 0.474. The normalized spacial score (nSPS) is 21.3. The molecule has 2 N–H and O–H groups in total. The van der Waals surface area contributed by atoms with Gasteiger partial charge in [0, 0.05) is 12.3 Å². The van der Waals surface area contributed by atoms with E-state index in [2.05, 4.69) is 22.5 Å². The Morgan fingerprint density at radius 3 is 2.54 bits per heavy atom. The van der Waals surface area contributed by atoms with Gasteiger partial charge in [-0.1, -0.05) is 49.6 Å². The zero-order valence-electron chi connectivity index (χ0n) is 13.8. The molecule has 0 saturated heterocycles. The summed E-state index contributed by atoms with van der Waals surface area (Å²) < 4.78 is 1.94. The van der Waals surface area contributed by atoms with Gasteiger partial charge in [-0.3, -0.25) is 19.4 Å². The molecule has 4 rings (SSSR count). The van der Waals surface area contributed by atoms with Crippen molar-refractivity contribution in [2.75, 3.05) is 5.32 Å². The van der Waals surface area contributed by atoms with Gasteiger partial charge in [0.1, 0.15) is 5.82 Å². The van der Waals surface area contributed by atoms with Crippen LogP contribution in [0.1, 0.15) is 61.6 Å². The van der Waals surface area contributed by atoms with Crippen molar-refractivity contribution in [3.8, 4) is 0 Å². The summed E-state index contributed by atoms with van der Waals surface area (Å²) in [6, 6.07) is 10.4. The summed E-state index contributed by atoms with van der Waals surface area (Å²) in [5, 5.41) is 5.96. The van der Waals surface area contributed by atoms with Crippen LogP contribution >= 0.6 is 0 Å². The van der Waals surface area contributed by atoms with Crippen LogP contribution in [0.2, 0.25) is 0 Å². The number of fused-ring (bicyclic) bond motifs is 1. The highest BCUT2D eigenvalue weighted by molar-refractivity contribution is 5.93. The van der Waals surface area contributed by atoms with Crippen LogP contribution in [0.25, 0.3) is 0 Å². The molecule has 2 aliphatic rings. The van der Waals surface area contributed by atoms with Gasteiger partial charge in [0.15, 0.2) is 0 Å². The van der Waals surface area contributed by atoms with E-state index in [-0.39, 0.29) is 17.4 Å². The maximum absolute atomic E-state index is 12.6. The number of nitrogens with zero attached hydrogens (tertiary/aromatic N) is 1. The van der Waals surface area contributed by atoms with Crippen LogP contribution in [0.15, 0.2) is 35.1 Å². The number of carbonyl (C=O) groups excluding carboxylic acids is 1. The number of H-pyrrole nitrogens is 1. The lowest BCUT2D eigenvalue weighted by Crippen LogP contribution is -2.28. The van der Waals surface area contributed by atoms with Crippen molar-refractivity contribution in [1.82, 2.24) is 9.78 Å². The van der Waals surface area contributed by atoms with E-state index < -0.39 is 0 Å². The molecule has 1 aromatic heterocycles. The number of carbonyl (C=O) groups is 1. The maximum Gasteiger partial charge on any atom is 0.269 e. The maximum atomic E-state index is 12.6. The van der Waals surface area contributed by atoms with Crippen LogP contribution in [0.3, 0.4) is 0 Å². The van der Waals surface area contributed by atoms with Crippen molar-refractivity contribution >= 4 is 11.7 Å². The van der Waals surface area contributed by atoms with Crippen LogP contribution in [0, 0.1) is 0 Å². The molecule has 24 heavy (non-hydrogen) atoms. The molecule has 2 heterocycles. The lowest BCUT2D eigenvalue weighted by Gasteiger charge is -2.28. The van der Waals surface area contributed by atoms with E-state index in [0.29, 0.717) is 18.3 Å². The SMILES string of the molecule is O=C1C[C@@H](Cc2ccccc2)c2c(n(C3CCCCC3)[nH]c2=O)N1. The van der Waals surface area contributed by atoms with Gasteiger partial charge in [0.05, 0.1) is 11.6 Å². The van der Waals surface area contributed by atoms with Crippen molar-refractivity contribution in [1.29, 1.82) is 0 Å². The minimum absolute atomic E-state index is 0.00647. The highest BCUT2D eigenvalue weighted by Crippen LogP contribution is 2.36. The molecular formula is C19H23N3O2. The number of anilines is 1. The van der Waals surface area contributed by atoms with Crippen LogP contribution < -0.4 is 10.9 Å². The number of hydrogen-bond acceptors (Lipinski definition) is 2. The van der Waals surface area contributed by atoms with E-state index in [4.69, 9.17) is 0 Å². The largest absolute Gasteiger partial charge is 0.311 e. The second kappa shape index (κ2) is 6.30. The Morgan fingerprint density at radius 2 is 1.79 bits per heavy atom. The summed E-state index contributed by atoms with van der Waals surface area (Å²) in [7, 11) is 0. The average molecular weight is 325 g/mol. The van der Waals surface area contributed by atoms with Crippen molar-refractivity contribution < 1.29 is 4.79 Å². The molecule has 2 aromatic rings. The van der Waals surface area contributed by atoms with E-state index in [9.17, 15) is 9.59 Å². The van der Waals surface area contributed by atoms with Gasteiger partial charge in [-0.2, -0.15) is 0 Å². The lowest BCUT2D eigenvalue weighted by atomic mass is 9.87. The molecule has 1 aromatic carbocycles. The molecule has 1 atom stereocenters. The summed E-state index contributed by atoms with van der Waals surface area (Å²) in [5.74, 6) is 0.667. The van der Waals surface area contributed by atoms with Crippen LogP contribution in [0.5, 0.6) is 0 Å². The van der Waals surface area contributed by atoms with E-state index in [0.717, 1.165) is 30.4 Å². The third-order valence-electron chi connectivity index (χ3n) is 5.33. The first kappa shape index (κ1) is 15.2. The Hall–Kier alpha value is -2.30. The molecule has 126 valence electrons. The van der Waals surface area contributed by atoms with E-state index in [1.807, 2.05) is 22.9 Å². The minimum Gasteiger partial charge on any atom is -0.311 e. The van der Waals surface area contributed by atoms with Gasteiger partial charge in [-0.25, -0.2) is 0 Å². The standard InChI is InChI=1S/C19H23N3O2/c23-16-12-14(11-13-7-3-1-4-8-13)17-18(20-16)22(21-19(17)24)15-9-5-2-6-10-15/h1,3-4,7-8,14-15H,2,5-6,9-12H2,(H,20,23)(H,21,24)/t14-/m1/s1. The Morgan fingerprint density at radius 1 is 1.04 bits per heavy atom. The number of amides is 1. The molecule has 1 amide bonds. The van der Waals surface area contributed by atoms with Gasteiger partial charge in [-0.15, -0.1) is 0 Å². The molecule has 0 radical (unpaired) electrons. The van der Waals surface area contributed by atoms with Crippen molar-refractivity contribution in [2.45, 2.75) is 56.9 Å². The topological polar surface area (TPSA) is 66.9 Å². The molecule has 0 unspecified atom stereocenters. The van der Waals surface area contributed by atoms with E-state index in [1.54, 1.807) is 0 Å².